The summed E-state index contributed by atoms with van der Waals surface area (Å²) in [6.07, 6.45) is 5.36. The van der Waals surface area contributed by atoms with Gasteiger partial charge in [-0.15, -0.1) is 0 Å². The van der Waals surface area contributed by atoms with E-state index in [-0.39, 0.29) is 23.5 Å². The maximum Gasteiger partial charge on any atom is 0.240 e. The topological polar surface area (TPSA) is 69.7 Å². The molecule has 1 unspecified atom stereocenters. The first-order valence-electron chi connectivity index (χ1n) is 10.8. The van der Waals surface area contributed by atoms with Gasteiger partial charge in [0.05, 0.1) is 21.4 Å². The first-order valence-corrected chi connectivity index (χ1v) is 12.1. The molecule has 0 radical (unpaired) electrons. The molecule has 29 heavy (non-hydrogen) atoms. The summed E-state index contributed by atoms with van der Waals surface area (Å²) in [6.45, 7) is 5.51. The second-order valence-corrected chi connectivity index (χ2v) is 10.2. The van der Waals surface area contributed by atoms with Gasteiger partial charge in [-0.1, -0.05) is 26.0 Å². The molecule has 158 valence electrons. The number of hydrogen-bond acceptors (Lipinski definition) is 4. The van der Waals surface area contributed by atoms with E-state index in [4.69, 9.17) is 0 Å². The predicted molar refractivity (Wildman–Crippen MR) is 114 cm³/mol. The van der Waals surface area contributed by atoms with Gasteiger partial charge in [-0.05, 0) is 44.2 Å². The lowest BCUT2D eigenvalue weighted by Crippen LogP contribution is -2.51. The van der Waals surface area contributed by atoms with Gasteiger partial charge in [0.1, 0.15) is 5.75 Å². The van der Waals surface area contributed by atoms with Gasteiger partial charge in [0.2, 0.25) is 11.8 Å². The van der Waals surface area contributed by atoms with Gasteiger partial charge in [-0.3, -0.25) is 18.7 Å². The van der Waals surface area contributed by atoms with Crippen molar-refractivity contribution in [2.24, 2.45) is 5.92 Å². The first kappa shape index (κ1) is 20.5. The van der Waals surface area contributed by atoms with Crippen LogP contribution < -0.4 is 10.2 Å². The second kappa shape index (κ2) is 8.56. The molecule has 3 aliphatic rings. The maximum absolute atomic E-state index is 12.5. The van der Waals surface area contributed by atoms with E-state index in [1.165, 1.54) is 12.8 Å². The van der Waals surface area contributed by atoms with Crippen LogP contribution in [-0.2, 0) is 20.4 Å². The number of anilines is 1. The molecule has 3 heterocycles. The van der Waals surface area contributed by atoms with E-state index in [2.05, 4.69) is 10.2 Å². The molecule has 1 N–H and O–H groups in total. The molecule has 7 heteroatoms. The Kier molecular flexibility index (Phi) is 6.06. The van der Waals surface area contributed by atoms with Crippen LogP contribution in [0, 0.1) is 5.92 Å². The predicted octanol–water partition coefficient (Wildman–Crippen LogP) is 2.30. The van der Waals surface area contributed by atoms with Crippen molar-refractivity contribution in [3.63, 3.8) is 0 Å². The second-order valence-electron chi connectivity index (χ2n) is 8.81. The Morgan fingerprint density at radius 1 is 1.17 bits per heavy atom. The van der Waals surface area contributed by atoms with Gasteiger partial charge < -0.3 is 10.2 Å². The summed E-state index contributed by atoms with van der Waals surface area (Å²) in [4.78, 5) is 29.7. The standard InChI is InChI=1S/C22H31N3O3S/c1-15(2)22(27)23-16-12-17-8-9-18(13-16)24(17)10-5-11-25-19-6-3-4-7-20(19)29(28)14-21(25)26/h3-4,6-7,15-18H,5,8-14H2,1-2H3,(H,23,27)/t17-,18-,29?/m0/s1. The zero-order chi connectivity index (χ0) is 20.5. The number of piperidine rings is 1. The van der Waals surface area contributed by atoms with Crippen molar-refractivity contribution in [2.75, 3.05) is 23.7 Å². The number of hydrogen-bond donors (Lipinski definition) is 1. The molecular weight excluding hydrogens is 386 g/mol. The lowest BCUT2D eigenvalue weighted by Gasteiger charge is -2.40. The smallest absolute Gasteiger partial charge is 0.240 e. The lowest BCUT2D eigenvalue weighted by atomic mass is 9.96. The fraction of sp³-hybridized carbons (Fsp3) is 0.636. The Hall–Kier alpha value is -1.73. The summed E-state index contributed by atoms with van der Waals surface area (Å²) in [7, 11) is -1.23. The van der Waals surface area contributed by atoms with Crippen molar-refractivity contribution >= 4 is 28.3 Å². The summed E-state index contributed by atoms with van der Waals surface area (Å²) < 4.78 is 12.2. The number of fused-ring (bicyclic) bond motifs is 3. The average Bonchev–Trinajstić information content (AvgIpc) is 2.92. The van der Waals surface area contributed by atoms with Crippen LogP contribution in [0.15, 0.2) is 29.2 Å². The maximum atomic E-state index is 12.5. The number of carbonyl (C=O) groups is 2. The quantitative estimate of drug-likeness (QED) is 0.771. The van der Waals surface area contributed by atoms with E-state index in [1.54, 1.807) is 0 Å². The monoisotopic (exact) mass is 417 g/mol. The lowest BCUT2D eigenvalue weighted by molar-refractivity contribution is -0.125. The molecule has 2 amide bonds. The Morgan fingerprint density at radius 3 is 2.55 bits per heavy atom. The molecule has 0 aromatic heterocycles. The van der Waals surface area contributed by atoms with Gasteiger partial charge in [-0.2, -0.15) is 0 Å². The minimum atomic E-state index is -1.23. The van der Waals surface area contributed by atoms with Crippen LogP contribution in [-0.4, -0.2) is 57.9 Å². The van der Waals surface area contributed by atoms with Crippen LogP contribution in [0.4, 0.5) is 5.69 Å². The van der Waals surface area contributed by atoms with E-state index in [0.29, 0.717) is 24.7 Å². The highest BCUT2D eigenvalue weighted by Crippen LogP contribution is 2.36. The summed E-state index contributed by atoms with van der Waals surface area (Å²) in [5.41, 5.74) is 0.806. The summed E-state index contributed by atoms with van der Waals surface area (Å²) >= 11 is 0. The number of rotatable bonds is 6. The minimum Gasteiger partial charge on any atom is -0.353 e. The third kappa shape index (κ3) is 4.26. The number of nitrogens with zero attached hydrogens (tertiary/aromatic N) is 2. The highest BCUT2D eigenvalue weighted by Gasteiger charge is 2.41. The van der Waals surface area contributed by atoms with Gasteiger partial charge in [0.15, 0.2) is 0 Å². The van der Waals surface area contributed by atoms with Crippen LogP contribution in [0.1, 0.15) is 46.0 Å². The van der Waals surface area contributed by atoms with Crippen LogP contribution in [0.3, 0.4) is 0 Å². The first-order chi connectivity index (χ1) is 13.9. The Labute approximate surface area is 175 Å². The minimum absolute atomic E-state index is 0.0324. The normalized spacial score (nSPS) is 29.2. The number of para-hydroxylation sites is 1. The van der Waals surface area contributed by atoms with Gasteiger partial charge in [-0.25, -0.2) is 0 Å². The zero-order valence-electron chi connectivity index (χ0n) is 17.3. The summed E-state index contributed by atoms with van der Waals surface area (Å²) in [5.74, 6) is 0.232. The van der Waals surface area contributed by atoms with Crippen molar-refractivity contribution in [1.29, 1.82) is 0 Å². The molecule has 2 bridgehead atoms. The van der Waals surface area contributed by atoms with Crippen LogP contribution in [0.25, 0.3) is 0 Å². The molecule has 3 atom stereocenters. The van der Waals surface area contributed by atoms with Crippen molar-refractivity contribution in [3.8, 4) is 0 Å². The fourth-order valence-corrected chi connectivity index (χ4v) is 6.23. The van der Waals surface area contributed by atoms with E-state index in [1.807, 2.05) is 43.0 Å². The third-order valence-corrected chi connectivity index (χ3v) is 7.86. The SMILES string of the molecule is CC(C)C(=O)NC1C[C@@H]2CC[C@@H](C1)N2CCCN1C(=O)CS(=O)c2ccccc21. The van der Waals surface area contributed by atoms with E-state index >= 15 is 0 Å². The number of carbonyl (C=O) groups excluding carboxylic acids is 2. The third-order valence-electron chi connectivity index (χ3n) is 6.51. The van der Waals surface area contributed by atoms with Crippen molar-refractivity contribution < 1.29 is 13.8 Å². The summed E-state index contributed by atoms with van der Waals surface area (Å²) in [6, 6.07) is 8.90. The van der Waals surface area contributed by atoms with Crippen molar-refractivity contribution in [3.05, 3.63) is 24.3 Å². The molecule has 1 aromatic rings. The number of nitrogens with one attached hydrogen (secondary N) is 1. The zero-order valence-corrected chi connectivity index (χ0v) is 18.1. The summed E-state index contributed by atoms with van der Waals surface area (Å²) in [5, 5.41) is 3.22. The van der Waals surface area contributed by atoms with Gasteiger partial charge >= 0.3 is 0 Å². The number of benzene rings is 1. The van der Waals surface area contributed by atoms with Gasteiger partial charge in [0.25, 0.3) is 0 Å². The van der Waals surface area contributed by atoms with Crippen LogP contribution in [0.5, 0.6) is 0 Å². The molecular formula is C22H31N3O3S. The molecule has 0 spiro atoms. The van der Waals surface area contributed by atoms with Crippen molar-refractivity contribution in [2.45, 2.75) is 69.0 Å². The molecule has 1 aromatic carbocycles. The molecule has 0 aliphatic carbocycles. The van der Waals surface area contributed by atoms with E-state index in [0.717, 1.165) is 36.4 Å². The van der Waals surface area contributed by atoms with E-state index in [9.17, 15) is 13.8 Å². The van der Waals surface area contributed by atoms with E-state index < -0.39 is 10.8 Å². The molecule has 4 rings (SSSR count). The van der Waals surface area contributed by atoms with Crippen LogP contribution >= 0.6 is 0 Å². The highest BCUT2D eigenvalue weighted by molar-refractivity contribution is 7.86. The Morgan fingerprint density at radius 2 is 1.86 bits per heavy atom. The highest BCUT2D eigenvalue weighted by atomic mass is 32.2. The largest absolute Gasteiger partial charge is 0.353 e. The molecule has 2 saturated heterocycles. The molecule has 0 saturated carbocycles. The molecule has 2 fully saturated rings. The molecule has 6 nitrogen and oxygen atoms in total. The number of amides is 2. The van der Waals surface area contributed by atoms with Crippen LogP contribution in [0.2, 0.25) is 0 Å². The van der Waals surface area contributed by atoms with Gasteiger partial charge in [0, 0.05) is 37.1 Å². The van der Waals surface area contributed by atoms with Crippen molar-refractivity contribution in [1.82, 2.24) is 10.2 Å². The molecule has 3 aliphatic heterocycles. The average molecular weight is 418 g/mol. The Bertz CT molecular complexity index is 798. The fourth-order valence-electron chi connectivity index (χ4n) is 5.06. The Balaban J connectivity index is 1.33.